The number of carboxylic acids is 1. The van der Waals surface area contributed by atoms with Crippen molar-refractivity contribution in [2.45, 2.75) is 24.7 Å². The Kier molecular flexibility index (Phi) is 8.60. The third kappa shape index (κ3) is 6.58. The number of carboxylic acid groups (broad SMARTS) is 1. The highest BCUT2D eigenvalue weighted by molar-refractivity contribution is 5.96. The van der Waals surface area contributed by atoms with Gasteiger partial charge in [-0.15, -0.1) is 0 Å². The van der Waals surface area contributed by atoms with Crippen LogP contribution < -0.4 is 9.47 Å². The van der Waals surface area contributed by atoms with Gasteiger partial charge in [-0.3, -0.25) is 0 Å². The second-order valence-electron chi connectivity index (χ2n) is 9.45. The van der Waals surface area contributed by atoms with E-state index in [2.05, 4.69) is 0 Å². The van der Waals surface area contributed by atoms with Gasteiger partial charge in [0.1, 0.15) is 18.3 Å². The molecule has 10 N–H and O–H groups in total. The molecule has 236 valence electrons. The Balaban J connectivity index is 1.56. The number of carbonyl (C=O) groups is 4. The molecule has 45 heavy (non-hydrogen) atoms. The molecule has 0 saturated carbocycles. The molecular weight excluding hydrogens is 608 g/mol. The Morgan fingerprint density at radius 2 is 1.00 bits per heavy atom. The van der Waals surface area contributed by atoms with E-state index in [0.29, 0.717) is 30.3 Å². The second-order valence-corrected chi connectivity index (χ2v) is 9.45. The normalized spacial score (nSPS) is 17.6. The molecule has 3 aromatic carbocycles. The lowest BCUT2D eigenvalue weighted by atomic mass is 9.92. The number of aromatic hydroxyl groups is 7. The van der Waals surface area contributed by atoms with E-state index in [1.165, 1.54) is 0 Å². The van der Waals surface area contributed by atoms with Gasteiger partial charge in [0.2, 0.25) is 11.5 Å². The summed E-state index contributed by atoms with van der Waals surface area (Å²) in [4.78, 5) is 49.4. The summed E-state index contributed by atoms with van der Waals surface area (Å²) in [5, 5.41) is 98.3. The van der Waals surface area contributed by atoms with Crippen LogP contribution >= 0.6 is 0 Å². The number of hydrogen-bond acceptors (Lipinski definition) is 16. The number of rotatable bonds is 7. The molecule has 3 aromatic rings. The molecule has 0 radical (unpaired) electrons. The maximum absolute atomic E-state index is 12.9. The monoisotopic (exact) mass is 630 g/mol. The quantitative estimate of drug-likeness (QED) is 0.0977. The van der Waals surface area contributed by atoms with E-state index in [0.717, 1.165) is 12.1 Å². The zero-order valence-corrected chi connectivity index (χ0v) is 22.3. The van der Waals surface area contributed by atoms with Crippen molar-refractivity contribution in [3.05, 3.63) is 64.7 Å². The minimum absolute atomic E-state index is 0.352. The average Bonchev–Trinajstić information content (AvgIpc) is 2.97. The Hall–Kier alpha value is -6.20. The van der Waals surface area contributed by atoms with Crippen molar-refractivity contribution in [3.8, 4) is 51.7 Å². The molecule has 1 aliphatic rings. The molecule has 0 unspecified atom stereocenters. The van der Waals surface area contributed by atoms with Crippen molar-refractivity contribution in [1.29, 1.82) is 0 Å². The first kappa shape index (κ1) is 31.7. The Bertz CT molecular complexity index is 1740. The summed E-state index contributed by atoms with van der Waals surface area (Å²) in [7, 11) is 0. The number of aliphatic hydroxyl groups is 2. The fourth-order valence-corrected chi connectivity index (χ4v) is 4.02. The van der Waals surface area contributed by atoms with E-state index in [4.69, 9.17) is 14.2 Å². The van der Waals surface area contributed by atoms with Crippen LogP contribution in [0.2, 0.25) is 0 Å². The number of aliphatic hydroxyl groups excluding tert-OH is 2. The molecule has 0 spiro atoms. The number of ether oxygens (including phenoxy) is 3. The number of carbonyl (C=O) groups excluding carboxylic acids is 3. The summed E-state index contributed by atoms with van der Waals surface area (Å²) in [5.41, 5.74) is -2.06. The topological polar surface area (TPSA) is 298 Å². The summed E-state index contributed by atoms with van der Waals surface area (Å²) in [6.45, 7) is 0. The fraction of sp³-hybridized carbons (Fsp3) is 0.143. The van der Waals surface area contributed by atoms with Gasteiger partial charge in [0.05, 0.1) is 16.7 Å². The molecule has 0 aliphatic heterocycles. The van der Waals surface area contributed by atoms with Crippen LogP contribution in [0.1, 0.15) is 37.5 Å². The van der Waals surface area contributed by atoms with Gasteiger partial charge < -0.3 is 65.3 Å². The van der Waals surface area contributed by atoms with Gasteiger partial charge in [-0.25, -0.2) is 19.2 Å². The van der Waals surface area contributed by atoms with Gasteiger partial charge in [0, 0.05) is 12.0 Å². The van der Waals surface area contributed by atoms with Crippen molar-refractivity contribution >= 4 is 23.9 Å². The van der Waals surface area contributed by atoms with Gasteiger partial charge in [-0.1, -0.05) is 0 Å². The van der Waals surface area contributed by atoms with Crippen LogP contribution in [0.5, 0.6) is 51.7 Å². The van der Waals surface area contributed by atoms with Crippen LogP contribution in [0.25, 0.3) is 0 Å². The van der Waals surface area contributed by atoms with Crippen LogP contribution in [0, 0.1) is 0 Å². The summed E-state index contributed by atoms with van der Waals surface area (Å²) in [6, 6.07) is 4.19. The first-order valence-corrected chi connectivity index (χ1v) is 12.4. The summed E-state index contributed by atoms with van der Waals surface area (Å²) in [6.07, 6.45) is -4.55. The number of phenols is 7. The van der Waals surface area contributed by atoms with E-state index >= 15 is 0 Å². The molecule has 3 atom stereocenters. The van der Waals surface area contributed by atoms with E-state index in [1.54, 1.807) is 0 Å². The van der Waals surface area contributed by atoms with Crippen LogP contribution in [-0.4, -0.2) is 93.3 Å². The zero-order valence-electron chi connectivity index (χ0n) is 22.3. The van der Waals surface area contributed by atoms with Crippen LogP contribution in [-0.2, 0) is 9.53 Å². The minimum atomic E-state index is -1.71. The van der Waals surface area contributed by atoms with Crippen molar-refractivity contribution < 1.29 is 84.5 Å². The molecular formula is C28H22O17. The Morgan fingerprint density at radius 1 is 0.600 bits per heavy atom. The number of aliphatic carboxylic acids is 1. The standard InChI is InChI=1S/C28H22O17/c29-13-2-10(3-14(30)21(13)34)26(40)44-19-7-12(5-16(32)23(19)36)28(42)45-20-8-11(4-17(33)24(20)37)27(41)43-18-6-9(25(38)39)1-15(31)22(18)35/h1-5,7-8,15,18,22,29-37H,6H2,(H,38,39)/t15-,18-,22-/m1/s1. The zero-order chi connectivity index (χ0) is 33.3. The molecule has 0 bridgehead atoms. The van der Waals surface area contributed by atoms with Crippen molar-refractivity contribution in [1.82, 2.24) is 0 Å². The Labute approximate surface area is 249 Å². The fourth-order valence-electron chi connectivity index (χ4n) is 4.02. The van der Waals surface area contributed by atoms with E-state index < -0.39 is 117 Å². The predicted molar refractivity (Wildman–Crippen MR) is 142 cm³/mol. The number of hydrogen-bond donors (Lipinski definition) is 10. The third-order valence-corrected chi connectivity index (χ3v) is 6.35. The van der Waals surface area contributed by atoms with E-state index in [9.17, 15) is 70.2 Å². The maximum Gasteiger partial charge on any atom is 0.343 e. The van der Waals surface area contributed by atoms with Gasteiger partial charge in [-0.05, 0) is 42.5 Å². The lowest BCUT2D eigenvalue weighted by molar-refractivity contribution is -0.134. The highest BCUT2D eigenvalue weighted by Gasteiger charge is 2.36. The number of phenolic OH excluding ortho intramolecular Hbond substituents is 7. The summed E-state index contributed by atoms with van der Waals surface area (Å²) >= 11 is 0. The molecule has 17 heteroatoms. The van der Waals surface area contributed by atoms with Gasteiger partial charge in [-0.2, -0.15) is 0 Å². The number of esters is 3. The lowest BCUT2D eigenvalue weighted by Crippen LogP contribution is -2.43. The summed E-state index contributed by atoms with van der Waals surface area (Å²) < 4.78 is 15.0. The third-order valence-electron chi connectivity index (χ3n) is 6.35. The molecule has 17 nitrogen and oxygen atoms in total. The average molecular weight is 630 g/mol. The lowest BCUT2D eigenvalue weighted by Gasteiger charge is -2.29. The molecule has 0 fully saturated rings. The molecule has 0 aromatic heterocycles. The van der Waals surface area contributed by atoms with Gasteiger partial charge >= 0.3 is 23.9 Å². The van der Waals surface area contributed by atoms with Crippen LogP contribution in [0.4, 0.5) is 0 Å². The van der Waals surface area contributed by atoms with E-state index in [1.807, 2.05) is 0 Å². The minimum Gasteiger partial charge on any atom is -0.504 e. The highest BCUT2D eigenvalue weighted by Crippen LogP contribution is 2.41. The Morgan fingerprint density at radius 3 is 1.44 bits per heavy atom. The molecule has 1 aliphatic carbocycles. The first-order chi connectivity index (χ1) is 21.1. The summed E-state index contributed by atoms with van der Waals surface area (Å²) in [5.74, 6) is -14.0. The van der Waals surface area contributed by atoms with Crippen LogP contribution in [0.3, 0.4) is 0 Å². The molecule has 0 saturated heterocycles. The maximum atomic E-state index is 12.9. The van der Waals surface area contributed by atoms with Crippen molar-refractivity contribution in [3.63, 3.8) is 0 Å². The number of benzene rings is 3. The predicted octanol–water partition coefficient (Wildman–Crippen LogP) is 0.726. The molecule has 0 amide bonds. The smallest absolute Gasteiger partial charge is 0.343 e. The van der Waals surface area contributed by atoms with Crippen molar-refractivity contribution in [2.24, 2.45) is 0 Å². The molecule has 0 heterocycles. The van der Waals surface area contributed by atoms with Crippen LogP contribution in [0.15, 0.2) is 48.0 Å². The first-order valence-electron chi connectivity index (χ1n) is 12.4. The van der Waals surface area contributed by atoms with Gasteiger partial charge in [0.25, 0.3) is 0 Å². The van der Waals surface area contributed by atoms with E-state index in [-0.39, 0.29) is 5.57 Å². The SMILES string of the molecule is O=C(O)C1=C[C@@H](O)[C@@H](O)[C@H](OC(=O)c2cc(O)c(O)c(OC(=O)c3cc(O)c(O)c(OC(=O)c4cc(O)c(O)c(O)c4)c3)c2)C1. The van der Waals surface area contributed by atoms with Crippen molar-refractivity contribution in [2.75, 3.05) is 0 Å². The highest BCUT2D eigenvalue weighted by atomic mass is 16.6. The largest absolute Gasteiger partial charge is 0.504 e. The second kappa shape index (κ2) is 12.2. The van der Waals surface area contributed by atoms with Gasteiger partial charge in [0.15, 0.2) is 40.2 Å². The molecule has 4 rings (SSSR count).